The zero-order valence-corrected chi connectivity index (χ0v) is 12.4. The number of nitrogens with two attached hydrogens (primary N) is 1. The third kappa shape index (κ3) is 5.04. The fourth-order valence-electron chi connectivity index (χ4n) is 1.86. The lowest BCUT2D eigenvalue weighted by atomic mass is 9.86. The largest absolute Gasteiger partial charge is 0.338 e. The van der Waals surface area contributed by atoms with Gasteiger partial charge in [0.15, 0.2) is 0 Å². The van der Waals surface area contributed by atoms with Gasteiger partial charge in [-0.2, -0.15) is 0 Å². The van der Waals surface area contributed by atoms with E-state index in [1.807, 2.05) is 46.7 Å². The number of carbonyl (C=O) groups is 1. The highest BCUT2D eigenvalue weighted by Gasteiger charge is 2.32. The molecule has 0 radical (unpaired) electrons. The lowest BCUT2D eigenvalue weighted by molar-refractivity contribution is -0.137. The molecule has 17 heavy (non-hydrogen) atoms. The number of likely N-dealkylation sites (N-methyl/N-ethyl adjacent to an activating group) is 2. The van der Waals surface area contributed by atoms with Gasteiger partial charge in [0.05, 0.1) is 6.04 Å². The molecule has 0 saturated heterocycles. The Morgan fingerprint density at radius 2 is 1.76 bits per heavy atom. The first-order chi connectivity index (χ1) is 7.61. The Balaban J connectivity index is 4.71. The van der Waals surface area contributed by atoms with E-state index >= 15 is 0 Å². The van der Waals surface area contributed by atoms with Gasteiger partial charge in [-0.05, 0) is 33.4 Å². The monoisotopic (exact) mass is 243 g/mol. The molecule has 2 N–H and O–H groups in total. The molecule has 0 aliphatic carbocycles. The van der Waals surface area contributed by atoms with E-state index in [1.165, 1.54) is 0 Å². The van der Waals surface area contributed by atoms with Crippen LogP contribution in [0, 0.1) is 5.41 Å². The third-order valence-corrected chi connectivity index (χ3v) is 2.98. The normalized spacial score (nSPS) is 15.8. The van der Waals surface area contributed by atoms with Gasteiger partial charge in [-0.3, -0.25) is 4.79 Å². The standard InChI is InChI=1S/C13H29N3O/c1-8-16(10(2)9-15(6)7)12(17)11(14)13(3,4)5/h10-11H,8-9,14H2,1-7H3/t10?,11-/m1/s1. The minimum absolute atomic E-state index is 0.0503. The Labute approximate surface area is 106 Å². The fourth-order valence-corrected chi connectivity index (χ4v) is 1.86. The highest BCUT2D eigenvalue weighted by atomic mass is 16.2. The van der Waals surface area contributed by atoms with Gasteiger partial charge in [-0.15, -0.1) is 0 Å². The molecule has 0 aromatic carbocycles. The smallest absolute Gasteiger partial charge is 0.240 e. The maximum absolute atomic E-state index is 12.3. The summed E-state index contributed by atoms with van der Waals surface area (Å²) < 4.78 is 0. The molecule has 0 aliphatic rings. The molecule has 4 nitrogen and oxygen atoms in total. The molecular formula is C13H29N3O. The Morgan fingerprint density at radius 1 is 1.29 bits per heavy atom. The quantitative estimate of drug-likeness (QED) is 0.788. The second-order valence-corrected chi connectivity index (χ2v) is 6.08. The highest BCUT2D eigenvalue weighted by Crippen LogP contribution is 2.20. The maximum atomic E-state index is 12.3. The predicted molar refractivity (Wildman–Crippen MR) is 72.8 cm³/mol. The zero-order chi connectivity index (χ0) is 13.8. The van der Waals surface area contributed by atoms with Crippen molar-refractivity contribution < 1.29 is 4.79 Å². The lowest BCUT2D eigenvalue weighted by Gasteiger charge is -2.35. The molecule has 0 aromatic heterocycles. The Morgan fingerprint density at radius 3 is 2.06 bits per heavy atom. The van der Waals surface area contributed by atoms with Gasteiger partial charge in [-0.25, -0.2) is 0 Å². The average molecular weight is 243 g/mol. The first-order valence-corrected chi connectivity index (χ1v) is 6.32. The van der Waals surface area contributed by atoms with Crippen LogP contribution in [-0.2, 0) is 4.79 Å². The molecule has 0 spiro atoms. The molecule has 0 bridgehead atoms. The van der Waals surface area contributed by atoms with Gasteiger partial charge in [0, 0.05) is 19.1 Å². The van der Waals surface area contributed by atoms with Gasteiger partial charge >= 0.3 is 0 Å². The molecule has 102 valence electrons. The molecule has 2 atom stereocenters. The van der Waals surface area contributed by atoms with Crippen LogP contribution in [0.25, 0.3) is 0 Å². The van der Waals surface area contributed by atoms with Crippen LogP contribution in [0.15, 0.2) is 0 Å². The number of amides is 1. The summed E-state index contributed by atoms with van der Waals surface area (Å²) in [5.41, 5.74) is 5.84. The van der Waals surface area contributed by atoms with Crippen LogP contribution in [0.5, 0.6) is 0 Å². The Bertz CT molecular complexity index is 246. The van der Waals surface area contributed by atoms with E-state index in [9.17, 15) is 4.79 Å². The van der Waals surface area contributed by atoms with Crippen LogP contribution in [0.2, 0.25) is 0 Å². The third-order valence-electron chi connectivity index (χ3n) is 2.98. The summed E-state index contributed by atoms with van der Waals surface area (Å²) in [5, 5.41) is 0. The SMILES string of the molecule is CCN(C(=O)[C@@H](N)C(C)(C)C)C(C)CN(C)C. The number of carbonyl (C=O) groups excluding carboxylic acids is 1. The molecule has 0 aromatic rings. The molecule has 1 unspecified atom stereocenters. The summed E-state index contributed by atoms with van der Waals surface area (Å²) >= 11 is 0. The number of hydrogen-bond acceptors (Lipinski definition) is 3. The van der Waals surface area contributed by atoms with E-state index in [4.69, 9.17) is 5.73 Å². The first kappa shape index (κ1) is 16.4. The number of nitrogens with zero attached hydrogens (tertiary/aromatic N) is 2. The minimum Gasteiger partial charge on any atom is -0.338 e. The van der Waals surface area contributed by atoms with E-state index in [-0.39, 0.29) is 17.4 Å². The molecule has 4 heteroatoms. The van der Waals surface area contributed by atoms with Gasteiger partial charge in [0.2, 0.25) is 5.91 Å². The summed E-state index contributed by atoms with van der Waals surface area (Å²) in [7, 11) is 4.02. The van der Waals surface area contributed by atoms with Crippen molar-refractivity contribution in [2.24, 2.45) is 11.1 Å². The highest BCUT2D eigenvalue weighted by molar-refractivity contribution is 5.82. The van der Waals surface area contributed by atoms with Crippen LogP contribution < -0.4 is 5.73 Å². The minimum atomic E-state index is -0.438. The molecule has 0 saturated carbocycles. The topological polar surface area (TPSA) is 49.6 Å². The van der Waals surface area contributed by atoms with E-state index < -0.39 is 6.04 Å². The van der Waals surface area contributed by atoms with E-state index in [1.54, 1.807) is 0 Å². The summed E-state index contributed by atoms with van der Waals surface area (Å²) in [5.74, 6) is 0.0503. The van der Waals surface area contributed by atoms with Gasteiger partial charge < -0.3 is 15.5 Å². The lowest BCUT2D eigenvalue weighted by Crippen LogP contribution is -2.54. The van der Waals surface area contributed by atoms with Crippen LogP contribution in [0.3, 0.4) is 0 Å². The molecule has 0 heterocycles. The Hall–Kier alpha value is -0.610. The van der Waals surface area contributed by atoms with E-state index in [0.717, 1.165) is 6.54 Å². The van der Waals surface area contributed by atoms with Gasteiger partial charge in [0.1, 0.15) is 0 Å². The van der Waals surface area contributed by atoms with Crippen molar-refractivity contribution in [1.29, 1.82) is 0 Å². The fraction of sp³-hybridized carbons (Fsp3) is 0.923. The van der Waals surface area contributed by atoms with Crippen molar-refractivity contribution in [3.63, 3.8) is 0 Å². The first-order valence-electron chi connectivity index (χ1n) is 6.32. The summed E-state index contributed by atoms with van der Waals surface area (Å²) in [6.45, 7) is 11.6. The molecule has 0 fully saturated rings. The summed E-state index contributed by atoms with van der Waals surface area (Å²) in [6.07, 6.45) is 0. The van der Waals surface area contributed by atoms with E-state index in [2.05, 4.69) is 11.8 Å². The van der Waals surface area contributed by atoms with Crippen molar-refractivity contribution in [3.05, 3.63) is 0 Å². The Kier molecular flexibility index (Phi) is 6.13. The van der Waals surface area contributed by atoms with E-state index in [0.29, 0.717) is 6.54 Å². The van der Waals surface area contributed by atoms with Crippen molar-refractivity contribution in [3.8, 4) is 0 Å². The van der Waals surface area contributed by atoms with Crippen molar-refractivity contribution in [2.45, 2.75) is 46.7 Å². The second-order valence-electron chi connectivity index (χ2n) is 6.08. The second kappa shape index (κ2) is 6.36. The van der Waals surface area contributed by atoms with Crippen molar-refractivity contribution >= 4 is 5.91 Å². The van der Waals surface area contributed by atoms with Crippen LogP contribution in [-0.4, -0.2) is 55.0 Å². The maximum Gasteiger partial charge on any atom is 0.240 e. The predicted octanol–water partition coefficient (Wildman–Crippen LogP) is 1.16. The molecule has 0 rings (SSSR count). The number of hydrogen-bond donors (Lipinski definition) is 1. The zero-order valence-electron chi connectivity index (χ0n) is 12.4. The summed E-state index contributed by atoms with van der Waals surface area (Å²) in [6, 6.07) is -0.247. The number of rotatable bonds is 5. The average Bonchev–Trinajstić information content (AvgIpc) is 2.14. The summed E-state index contributed by atoms with van der Waals surface area (Å²) in [4.78, 5) is 16.3. The van der Waals surface area contributed by atoms with Crippen LogP contribution >= 0.6 is 0 Å². The van der Waals surface area contributed by atoms with Crippen LogP contribution in [0.1, 0.15) is 34.6 Å². The van der Waals surface area contributed by atoms with Crippen molar-refractivity contribution in [1.82, 2.24) is 9.80 Å². The van der Waals surface area contributed by atoms with Crippen LogP contribution in [0.4, 0.5) is 0 Å². The van der Waals surface area contributed by atoms with Gasteiger partial charge in [-0.1, -0.05) is 20.8 Å². The molecule has 1 amide bonds. The molecular weight excluding hydrogens is 214 g/mol. The van der Waals surface area contributed by atoms with Crippen molar-refractivity contribution in [2.75, 3.05) is 27.2 Å². The molecule has 0 aliphatic heterocycles. The van der Waals surface area contributed by atoms with Gasteiger partial charge in [0.25, 0.3) is 0 Å².